The van der Waals surface area contributed by atoms with Gasteiger partial charge in [0.15, 0.2) is 6.54 Å². The van der Waals surface area contributed by atoms with Gasteiger partial charge in [-0.25, -0.2) is 0 Å². The maximum atomic E-state index is 12.6. The molecule has 0 saturated carbocycles. The average molecular weight is 395 g/mol. The number of quaternary nitrogens is 1. The van der Waals surface area contributed by atoms with Gasteiger partial charge in [0.1, 0.15) is 0 Å². The normalized spacial score (nSPS) is 21.4. The Balaban J connectivity index is 1.55. The van der Waals surface area contributed by atoms with Gasteiger partial charge < -0.3 is 15.5 Å². The number of benzene rings is 2. The van der Waals surface area contributed by atoms with Crippen LogP contribution >= 0.6 is 0 Å². The number of piperidine rings is 1. The molecule has 5 heteroatoms. The molecule has 0 radical (unpaired) electrons. The fourth-order valence-electron chi connectivity index (χ4n) is 4.34. The lowest BCUT2D eigenvalue weighted by molar-refractivity contribution is -0.904. The van der Waals surface area contributed by atoms with E-state index in [4.69, 9.17) is 0 Å². The van der Waals surface area contributed by atoms with Crippen molar-refractivity contribution < 1.29 is 14.5 Å². The van der Waals surface area contributed by atoms with Crippen molar-refractivity contribution >= 4 is 17.5 Å². The molecule has 5 nitrogen and oxygen atoms in total. The van der Waals surface area contributed by atoms with E-state index >= 15 is 0 Å². The van der Waals surface area contributed by atoms with Crippen LogP contribution in [-0.4, -0.2) is 38.0 Å². The lowest BCUT2D eigenvalue weighted by Gasteiger charge is -2.31. The Bertz CT molecular complexity index is 812. The third-order valence-corrected chi connectivity index (χ3v) is 5.48. The summed E-state index contributed by atoms with van der Waals surface area (Å²) >= 11 is 0. The van der Waals surface area contributed by atoms with Gasteiger partial charge in [-0.1, -0.05) is 56.3 Å². The molecule has 2 atom stereocenters. The molecule has 2 aromatic carbocycles. The summed E-state index contributed by atoms with van der Waals surface area (Å²) in [7, 11) is 0. The van der Waals surface area contributed by atoms with Gasteiger partial charge in [-0.2, -0.15) is 0 Å². The molecular weight excluding hydrogens is 362 g/mol. The number of para-hydroxylation sites is 1. The molecule has 154 valence electrons. The van der Waals surface area contributed by atoms with E-state index in [1.165, 1.54) is 16.9 Å². The second kappa shape index (κ2) is 10.2. The van der Waals surface area contributed by atoms with Crippen LogP contribution in [0.3, 0.4) is 0 Å². The zero-order chi connectivity index (χ0) is 20.6. The Morgan fingerprint density at radius 1 is 0.966 bits per heavy atom. The molecule has 29 heavy (non-hydrogen) atoms. The molecule has 1 fully saturated rings. The minimum absolute atomic E-state index is 0.0363. The quantitative estimate of drug-likeness (QED) is 0.674. The fraction of sp³-hybridized carbons (Fsp3) is 0.417. The largest absolute Gasteiger partial charge is 0.352 e. The molecule has 0 unspecified atom stereocenters. The molecule has 1 aliphatic rings. The summed E-state index contributed by atoms with van der Waals surface area (Å²) in [6.07, 6.45) is 2.01. The molecule has 0 bridgehead atoms. The van der Waals surface area contributed by atoms with Crippen molar-refractivity contribution in [2.45, 2.75) is 26.7 Å². The summed E-state index contributed by atoms with van der Waals surface area (Å²) in [5.41, 5.74) is 2.26. The predicted molar refractivity (Wildman–Crippen MR) is 116 cm³/mol. The summed E-state index contributed by atoms with van der Waals surface area (Å²) in [4.78, 5) is 26.6. The summed E-state index contributed by atoms with van der Waals surface area (Å²) < 4.78 is 0. The number of likely N-dealkylation sites (tertiary alicyclic amines) is 1. The number of hydrogen-bond donors (Lipinski definition) is 3. The highest BCUT2D eigenvalue weighted by Crippen LogP contribution is 2.15. The average Bonchev–Trinajstić information content (AvgIpc) is 2.68. The van der Waals surface area contributed by atoms with Crippen molar-refractivity contribution in [3.8, 4) is 0 Å². The molecule has 2 aromatic rings. The van der Waals surface area contributed by atoms with E-state index in [1.807, 2.05) is 42.5 Å². The molecule has 2 amide bonds. The van der Waals surface area contributed by atoms with Crippen LogP contribution in [0.5, 0.6) is 0 Å². The maximum Gasteiger partial charge on any atom is 0.279 e. The topological polar surface area (TPSA) is 62.6 Å². The zero-order valence-electron chi connectivity index (χ0n) is 17.4. The highest BCUT2D eigenvalue weighted by Gasteiger charge is 2.27. The van der Waals surface area contributed by atoms with E-state index in [0.717, 1.165) is 19.5 Å². The van der Waals surface area contributed by atoms with Crippen LogP contribution in [-0.2, 0) is 11.2 Å². The first-order valence-corrected chi connectivity index (χ1v) is 10.6. The maximum absolute atomic E-state index is 12.6. The zero-order valence-corrected chi connectivity index (χ0v) is 17.4. The Morgan fingerprint density at radius 3 is 2.34 bits per heavy atom. The molecule has 0 spiro atoms. The minimum atomic E-state index is -0.163. The molecule has 3 rings (SSSR count). The smallest absolute Gasteiger partial charge is 0.279 e. The van der Waals surface area contributed by atoms with Crippen molar-refractivity contribution in [1.29, 1.82) is 0 Å². The molecule has 1 heterocycles. The van der Waals surface area contributed by atoms with Crippen molar-refractivity contribution in [1.82, 2.24) is 5.32 Å². The van der Waals surface area contributed by atoms with Crippen LogP contribution in [0.4, 0.5) is 5.69 Å². The predicted octanol–water partition coefficient (Wildman–Crippen LogP) is 2.16. The first-order valence-electron chi connectivity index (χ1n) is 10.6. The molecule has 1 saturated heterocycles. The van der Waals surface area contributed by atoms with E-state index < -0.39 is 0 Å². The summed E-state index contributed by atoms with van der Waals surface area (Å²) in [6.45, 7) is 7.56. The molecule has 0 aromatic heterocycles. The molecule has 3 N–H and O–H groups in total. The first-order chi connectivity index (χ1) is 14.0. The second-order valence-corrected chi connectivity index (χ2v) is 8.37. The van der Waals surface area contributed by atoms with Gasteiger partial charge in [0, 0.05) is 18.4 Å². The first kappa shape index (κ1) is 21.1. The van der Waals surface area contributed by atoms with Crippen LogP contribution in [0.2, 0.25) is 0 Å². The van der Waals surface area contributed by atoms with Gasteiger partial charge in [0.2, 0.25) is 0 Å². The Hall–Kier alpha value is -2.66. The van der Waals surface area contributed by atoms with Crippen molar-refractivity contribution in [2.75, 3.05) is 31.5 Å². The number of hydrogen-bond acceptors (Lipinski definition) is 2. The van der Waals surface area contributed by atoms with E-state index in [-0.39, 0.29) is 11.8 Å². The SMILES string of the molecule is C[C@H]1C[C@H](C)C[NH+](CC(=O)Nc2ccccc2C(=O)NCCc2ccccc2)C1. The van der Waals surface area contributed by atoms with Crippen molar-refractivity contribution in [3.05, 3.63) is 65.7 Å². The van der Waals surface area contributed by atoms with Crippen LogP contribution in [0, 0.1) is 11.8 Å². The fourth-order valence-corrected chi connectivity index (χ4v) is 4.34. The Labute approximate surface area is 173 Å². The number of amides is 2. The summed E-state index contributed by atoms with van der Waals surface area (Å²) in [6, 6.07) is 17.3. The van der Waals surface area contributed by atoms with Crippen molar-refractivity contribution in [2.24, 2.45) is 11.8 Å². The van der Waals surface area contributed by atoms with E-state index in [0.29, 0.717) is 36.2 Å². The van der Waals surface area contributed by atoms with Crippen LogP contribution < -0.4 is 15.5 Å². The van der Waals surface area contributed by atoms with E-state index in [1.54, 1.807) is 12.1 Å². The Kier molecular flexibility index (Phi) is 7.42. The van der Waals surface area contributed by atoms with Gasteiger partial charge in [0.05, 0.1) is 24.3 Å². The third kappa shape index (κ3) is 6.43. The van der Waals surface area contributed by atoms with Gasteiger partial charge in [-0.05, 0) is 30.5 Å². The number of carbonyl (C=O) groups excluding carboxylic acids is 2. The monoisotopic (exact) mass is 394 g/mol. The minimum Gasteiger partial charge on any atom is -0.352 e. The van der Waals surface area contributed by atoms with Crippen LogP contribution in [0.1, 0.15) is 36.2 Å². The standard InChI is InChI=1S/C24H31N3O2/c1-18-14-19(2)16-27(15-18)17-23(28)26-22-11-7-6-10-21(22)24(29)25-13-12-20-8-4-3-5-9-20/h3-11,18-19H,12-17H2,1-2H3,(H,25,29)(H,26,28)/p+1/t18-,19-/m0/s1. The summed E-state index contributed by atoms with van der Waals surface area (Å²) in [5, 5.41) is 5.91. The van der Waals surface area contributed by atoms with E-state index in [9.17, 15) is 9.59 Å². The third-order valence-electron chi connectivity index (χ3n) is 5.48. The molecule has 0 aliphatic carbocycles. The van der Waals surface area contributed by atoms with E-state index in [2.05, 4.69) is 24.5 Å². The van der Waals surface area contributed by atoms with Gasteiger partial charge in [0.25, 0.3) is 11.8 Å². The number of anilines is 1. The molecule has 1 aliphatic heterocycles. The van der Waals surface area contributed by atoms with Gasteiger partial charge in [-0.15, -0.1) is 0 Å². The van der Waals surface area contributed by atoms with Crippen LogP contribution in [0.25, 0.3) is 0 Å². The Morgan fingerprint density at radius 2 is 1.62 bits per heavy atom. The highest BCUT2D eigenvalue weighted by molar-refractivity contribution is 6.03. The highest BCUT2D eigenvalue weighted by atomic mass is 16.2. The van der Waals surface area contributed by atoms with Gasteiger partial charge in [-0.3, -0.25) is 9.59 Å². The summed E-state index contributed by atoms with van der Waals surface area (Å²) in [5.74, 6) is 1.09. The number of rotatable bonds is 7. The lowest BCUT2D eigenvalue weighted by Crippen LogP contribution is -3.15. The van der Waals surface area contributed by atoms with Gasteiger partial charge >= 0.3 is 0 Å². The lowest BCUT2D eigenvalue weighted by atomic mass is 9.92. The molecular formula is C24H32N3O2+. The van der Waals surface area contributed by atoms with Crippen molar-refractivity contribution in [3.63, 3.8) is 0 Å². The number of carbonyl (C=O) groups is 2. The second-order valence-electron chi connectivity index (χ2n) is 8.37. The van der Waals surface area contributed by atoms with Crippen LogP contribution in [0.15, 0.2) is 54.6 Å². The number of nitrogens with one attached hydrogen (secondary N) is 3.